The highest BCUT2D eigenvalue weighted by Gasteiger charge is 2.56. The van der Waals surface area contributed by atoms with E-state index in [9.17, 15) is 126 Å². The number of nitrogens with zero attached hydrogens (tertiary/aromatic N) is 7. The van der Waals surface area contributed by atoms with Crippen LogP contribution in [0.15, 0.2) is 16.7 Å². The van der Waals surface area contributed by atoms with Crippen LogP contribution >= 0.6 is 0 Å². The molecule has 3 aromatic rings. The van der Waals surface area contributed by atoms with E-state index in [0.717, 1.165) is 0 Å². The largest absolute Gasteiger partial charge is 0.451 e. The van der Waals surface area contributed by atoms with Crippen molar-refractivity contribution < 1.29 is 119 Å². The van der Waals surface area contributed by atoms with E-state index in [1.165, 1.54) is 0 Å². The molecule has 0 atom stereocenters. The Labute approximate surface area is 335 Å². The normalized spacial score (nSPS) is 16.7. The Bertz CT molecular complexity index is 2540. The number of rotatable bonds is 3. The Hall–Kier alpha value is -6.82. The molecule has 0 unspecified atom stereocenters. The summed E-state index contributed by atoms with van der Waals surface area (Å²) in [5.41, 5.74) is -49.2. The highest BCUT2D eigenvalue weighted by Crippen LogP contribution is 2.60. The molecule has 65 heavy (non-hydrogen) atoms. The smallest absolute Gasteiger partial charge is 0.219 e. The molecule has 7 nitrogen and oxygen atoms in total. The molecule has 348 valence electrons. The number of aromatic nitrogens is 4. The maximum Gasteiger partial charge on any atom is 0.451 e. The second-order valence-electron chi connectivity index (χ2n) is 11.9. The summed E-state index contributed by atoms with van der Waals surface area (Å²) in [7, 11) is 0. The van der Waals surface area contributed by atoms with Gasteiger partial charge in [-0.05, 0) is 0 Å². The molecule has 1 saturated carbocycles. The minimum Gasteiger partial charge on any atom is -0.219 e. The summed E-state index contributed by atoms with van der Waals surface area (Å²) in [6.07, 6.45) is -54.0. The Morgan fingerprint density at radius 2 is 0.554 bits per heavy atom. The minimum absolute atomic E-state index is 0.194. The molecular weight excluding hydrogens is 983 g/mol. The van der Waals surface area contributed by atoms with Crippen LogP contribution in [-0.4, -0.2) is 19.9 Å². The van der Waals surface area contributed by atoms with Gasteiger partial charge in [-0.2, -0.15) is 121 Å². The number of alkyl halides is 24. The summed E-state index contributed by atoms with van der Waals surface area (Å²) >= 11 is 0. The molecule has 0 N–H and O–H groups in total. The third-order valence-corrected chi connectivity index (χ3v) is 7.81. The van der Waals surface area contributed by atoms with Gasteiger partial charge in [-0.3, -0.25) is 0 Å². The van der Waals surface area contributed by atoms with Crippen molar-refractivity contribution in [2.45, 2.75) is 49.4 Å². The summed E-state index contributed by atoms with van der Waals surface area (Å²) in [5, 5.41) is 29.6. The standard InChI is InChI=1S/C31F27N7/c32-15-10(13(24(35,36)37)16(33)14(17(15)34)25(38,39)40)4(1-59)7-8(5(2-60)11-18(26(41,42)43)62-22(30(53,54)55)63-19(11)27(44,45)46)9(7)6(3-61)12-20(28(47,48)49)64-23(31(56,57)58)65-21(12)29(50,51)52/b7-4-,8-5?,9-6-. The Kier molecular flexibility index (Phi) is 12.1. The van der Waals surface area contributed by atoms with Crippen molar-refractivity contribution in [2.24, 2.45) is 0 Å². The van der Waals surface area contributed by atoms with Crippen molar-refractivity contribution in [1.82, 2.24) is 19.9 Å². The van der Waals surface area contributed by atoms with Gasteiger partial charge in [0.05, 0.1) is 27.8 Å². The molecule has 0 saturated heterocycles. The van der Waals surface area contributed by atoms with E-state index in [-0.39, 0.29) is 18.2 Å². The summed E-state index contributed by atoms with van der Waals surface area (Å²) in [6.45, 7) is 0. The topological polar surface area (TPSA) is 123 Å². The second-order valence-corrected chi connectivity index (χ2v) is 11.9. The molecule has 0 bridgehead atoms. The predicted octanol–water partition coefficient (Wildman–Crippen LogP) is 12.1. The first-order chi connectivity index (χ1) is 29.0. The van der Waals surface area contributed by atoms with E-state index in [1.54, 1.807) is 19.9 Å². The maximum atomic E-state index is 15.5. The second kappa shape index (κ2) is 15.4. The average Bonchev–Trinajstić information content (AvgIpc) is 3.80. The first kappa shape index (κ1) is 50.8. The number of hydrogen-bond acceptors (Lipinski definition) is 7. The molecule has 1 fully saturated rings. The van der Waals surface area contributed by atoms with Crippen LogP contribution in [-0.2, 0) is 49.4 Å². The van der Waals surface area contributed by atoms with Crippen LogP contribution in [0.3, 0.4) is 0 Å². The maximum absolute atomic E-state index is 15.5. The van der Waals surface area contributed by atoms with Gasteiger partial charge < -0.3 is 0 Å². The van der Waals surface area contributed by atoms with Crippen LogP contribution in [0.2, 0.25) is 0 Å². The molecule has 0 radical (unpaired) electrons. The Balaban J connectivity index is 2.62. The quantitative estimate of drug-likeness (QED) is 0.145. The monoisotopic (exact) mass is 983 g/mol. The van der Waals surface area contributed by atoms with Crippen LogP contribution in [0.1, 0.15) is 62.2 Å². The zero-order valence-corrected chi connectivity index (χ0v) is 28.8. The van der Waals surface area contributed by atoms with E-state index in [2.05, 4.69) is 0 Å². The minimum atomic E-state index is -6.96. The third-order valence-electron chi connectivity index (χ3n) is 7.81. The molecule has 2 aromatic heterocycles. The lowest BCUT2D eigenvalue weighted by Crippen LogP contribution is -2.25. The van der Waals surface area contributed by atoms with Crippen molar-refractivity contribution in [2.75, 3.05) is 0 Å². The molecule has 1 aliphatic rings. The van der Waals surface area contributed by atoms with Crippen molar-refractivity contribution in [3.8, 4) is 18.2 Å². The molecule has 0 amide bonds. The first-order valence-electron chi connectivity index (χ1n) is 15.1. The fraction of sp³-hybridized carbons (Fsp3) is 0.258. The van der Waals surface area contributed by atoms with E-state index in [0.29, 0.717) is 0 Å². The predicted molar refractivity (Wildman–Crippen MR) is 148 cm³/mol. The van der Waals surface area contributed by atoms with Crippen LogP contribution in [0.25, 0.3) is 16.7 Å². The molecular formula is C31F27N7. The van der Waals surface area contributed by atoms with Gasteiger partial charge in [-0.15, -0.1) is 0 Å². The molecule has 34 heteroatoms. The van der Waals surface area contributed by atoms with E-state index < -0.39 is 163 Å². The lowest BCUT2D eigenvalue weighted by atomic mass is 9.93. The van der Waals surface area contributed by atoms with Crippen LogP contribution in [0.5, 0.6) is 0 Å². The van der Waals surface area contributed by atoms with Crippen molar-refractivity contribution in [1.29, 1.82) is 15.8 Å². The van der Waals surface area contributed by atoms with Gasteiger partial charge in [-0.1, -0.05) is 0 Å². The van der Waals surface area contributed by atoms with Gasteiger partial charge >= 0.3 is 49.4 Å². The van der Waals surface area contributed by atoms with Crippen molar-refractivity contribution >= 4 is 16.7 Å². The molecule has 4 rings (SSSR count). The van der Waals surface area contributed by atoms with E-state index in [1.807, 2.05) is 0 Å². The van der Waals surface area contributed by atoms with Gasteiger partial charge in [0.15, 0.2) is 40.2 Å². The fourth-order valence-corrected chi connectivity index (χ4v) is 5.53. The first-order valence-corrected chi connectivity index (χ1v) is 15.1. The van der Waals surface area contributed by atoms with Crippen molar-refractivity contribution in [3.05, 3.63) is 96.4 Å². The number of nitriles is 3. The summed E-state index contributed by atoms with van der Waals surface area (Å²) in [6, 6.07) is 0.610. The zero-order chi connectivity index (χ0) is 50.5. The zero-order valence-electron chi connectivity index (χ0n) is 28.8. The van der Waals surface area contributed by atoms with Crippen molar-refractivity contribution in [3.63, 3.8) is 0 Å². The summed E-state index contributed by atoms with van der Waals surface area (Å²) in [4.78, 5) is 7.04. The summed E-state index contributed by atoms with van der Waals surface area (Å²) < 4.78 is 381. The average molecular weight is 983 g/mol. The summed E-state index contributed by atoms with van der Waals surface area (Å²) in [5.74, 6) is -18.5. The van der Waals surface area contributed by atoms with E-state index in [4.69, 9.17) is 0 Å². The molecule has 1 aromatic carbocycles. The SMILES string of the molecule is N#CC(=C1C(=C(/C#N)c2c(C(F)(F)F)nc(C(F)(F)F)nc2C(F)(F)F)/C1=C(/C#N)c1c(F)c(F)c(C(F)(F)F)c(F)c1C(F)(F)F)c1c(C(F)(F)F)nc(C(F)(F)F)nc1C(F)(F)F. The van der Waals surface area contributed by atoms with Crippen LogP contribution in [0, 0.1) is 51.4 Å². The number of hydrogen-bond donors (Lipinski definition) is 0. The van der Waals surface area contributed by atoms with Gasteiger partial charge in [0.2, 0.25) is 11.6 Å². The molecule has 1 aliphatic carbocycles. The fourth-order valence-electron chi connectivity index (χ4n) is 5.53. The Morgan fingerprint density at radius 1 is 0.308 bits per heavy atom. The van der Waals surface area contributed by atoms with Gasteiger partial charge in [0.25, 0.3) is 0 Å². The van der Waals surface area contributed by atoms with Gasteiger partial charge in [0, 0.05) is 22.3 Å². The molecule has 0 spiro atoms. The van der Waals surface area contributed by atoms with Gasteiger partial charge in [-0.25, -0.2) is 33.1 Å². The number of halogens is 27. The lowest BCUT2D eigenvalue weighted by Gasteiger charge is -2.19. The molecule has 0 aliphatic heterocycles. The molecule has 2 heterocycles. The number of benzene rings is 1. The highest BCUT2D eigenvalue weighted by atomic mass is 19.4. The van der Waals surface area contributed by atoms with E-state index >= 15 is 8.78 Å². The third kappa shape index (κ3) is 9.25. The Morgan fingerprint density at radius 3 is 0.754 bits per heavy atom. The highest BCUT2D eigenvalue weighted by molar-refractivity contribution is 6.13. The number of allylic oxidation sites excluding steroid dienone is 6. The van der Waals surface area contributed by atoms with Crippen LogP contribution < -0.4 is 0 Å². The van der Waals surface area contributed by atoms with Crippen LogP contribution in [0.4, 0.5) is 119 Å². The lowest BCUT2D eigenvalue weighted by molar-refractivity contribution is -0.162. The van der Waals surface area contributed by atoms with Gasteiger partial charge in [0.1, 0.15) is 29.3 Å².